The van der Waals surface area contributed by atoms with Gasteiger partial charge in [0.1, 0.15) is 12.0 Å². The number of nitrogens with zero attached hydrogens (tertiary/aromatic N) is 3. The summed E-state index contributed by atoms with van der Waals surface area (Å²) in [6.45, 7) is 0. The van der Waals surface area contributed by atoms with Crippen molar-refractivity contribution in [2.24, 2.45) is 5.10 Å². The molecule has 0 amide bonds. The van der Waals surface area contributed by atoms with Crippen LogP contribution in [0, 0.1) is 10.1 Å². The molecule has 0 atom stereocenters. The summed E-state index contributed by atoms with van der Waals surface area (Å²) in [7, 11) is 1.45. The van der Waals surface area contributed by atoms with E-state index in [1.807, 2.05) is 0 Å². The first-order chi connectivity index (χ1) is 10.1. The summed E-state index contributed by atoms with van der Waals surface area (Å²) >= 11 is 0. The van der Waals surface area contributed by atoms with Crippen molar-refractivity contribution in [1.82, 2.24) is 4.98 Å². The minimum atomic E-state index is -0.533. The van der Waals surface area contributed by atoms with Gasteiger partial charge in [-0.25, -0.2) is 4.98 Å². The molecule has 0 saturated heterocycles. The van der Waals surface area contributed by atoms with Gasteiger partial charge < -0.3 is 9.84 Å². The zero-order valence-electron chi connectivity index (χ0n) is 11.1. The number of phenolic OH excluding ortho intramolecular Hbond substituents is 1. The maximum Gasteiger partial charge on any atom is 0.287 e. The van der Waals surface area contributed by atoms with Crippen LogP contribution >= 0.6 is 0 Å². The van der Waals surface area contributed by atoms with Crippen LogP contribution < -0.4 is 10.2 Å². The number of rotatable bonds is 5. The number of methoxy groups -OCH3 is 1. The summed E-state index contributed by atoms with van der Waals surface area (Å²) in [4.78, 5) is 13.8. The fourth-order valence-electron chi connectivity index (χ4n) is 1.54. The van der Waals surface area contributed by atoms with E-state index in [0.29, 0.717) is 17.1 Å². The molecule has 2 rings (SSSR count). The molecule has 8 heteroatoms. The van der Waals surface area contributed by atoms with Crippen LogP contribution in [0.5, 0.6) is 11.5 Å². The Morgan fingerprint density at radius 3 is 2.86 bits per heavy atom. The fourth-order valence-corrected chi connectivity index (χ4v) is 1.54. The van der Waals surface area contributed by atoms with Crippen molar-refractivity contribution in [2.75, 3.05) is 12.5 Å². The van der Waals surface area contributed by atoms with Crippen molar-refractivity contribution >= 4 is 17.7 Å². The molecule has 0 fully saturated rings. The van der Waals surface area contributed by atoms with Crippen LogP contribution in [0.15, 0.2) is 41.6 Å². The fraction of sp³-hybridized carbons (Fsp3) is 0.0769. The summed E-state index contributed by atoms with van der Waals surface area (Å²) in [5, 5.41) is 24.2. The minimum Gasteiger partial charge on any atom is -0.504 e. The number of pyridine rings is 1. The third kappa shape index (κ3) is 3.44. The number of ether oxygens (including phenoxy) is 1. The van der Waals surface area contributed by atoms with Gasteiger partial charge in [-0.1, -0.05) is 6.07 Å². The second kappa shape index (κ2) is 6.33. The molecule has 1 aromatic heterocycles. The lowest BCUT2D eigenvalue weighted by Crippen LogP contribution is -1.95. The van der Waals surface area contributed by atoms with Crippen LogP contribution in [0.25, 0.3) is 0 Å². The van der Waals surface area contributed by atoms with Crippen molar-refractivity contribution < 1.29 is 14.8 Å². The summed E-state index contributed by atoms with van der Waals surface area (Å²) in [6.07, 6.45) is 2.52. The maximum absolute atomic E-state index is 10.5. The number of nitro groups is 1. The third-order valence-corrected chi connectivity index (χ3v) is 2.59. The molecule has 0 radical (unpaired) electrons. The van der Waals surface area contributed by atoms with E-state index in [-0.39, 0.29) is 11.4 Å². The molecule has 108 valence electrons. The number of para-hydroxylation sites is 1. The Hall–Kier alpha value is -3.16. The molecular formula is C13H12N4O4. The normalized spacial score (nSPS) is 10.5. The smallest absolute Gasteiger partial charge is 0.287 e. The number of hydrogen-bond acceptors (Lipinski definition) is 7. The maximum atomic E-state index is 10.5. The Morgan fingerprint density at radius 2 is 2.24 bits per heavy atom. The van der Waals surface area contributed by atoms with Crippen LogP contribution in [-0.4, -0.2) is 28.3 Å². The Bertz CT molecular complexity index is 670. The highest BCUT2D eigenvalue weighted by Crippen LogP contribution is 2.27. The number of hydrazone groups is 1. The number of aromatic nitrogens is 1. The predicted molar refractivity (Wildman–Crippen MR) is 76.8 cm³/mol. The number of aromatic hydroxyl groups is 1. The van der Waals surface area contributed by atoms with Gasteiger partial charge in [-0.2, -0.15) is 5.10 Å². The first kappa shape index (κ1) is 14.3. The predicted octanol–water partition coefficient (Wildman–Crippen LogP) is 2.15. The molecule has 21 heavy (non-hydrogen) atoms. The van der Waals surface area contributed by atoms with Gasteiger partial charge in [0.25, 0.3) is 5.69 Å². The van der Waals surface area contributed by atoms with Crippen LogP contribution in [0.4, 0.5) is 11.5 Å². The Labute approximate surface area is 119 Å². The standard InChI is InChI=1S/C13H12N4O4/c1-21-11-4-2-3-9(13(11)18)7-15-16-12-6-5-10(8-14-12)17(19)20/h2-8,18H,1H3,(H,14,16)/b15-7-. The van der Waals surface area contributed by atoms with Crippen LogP contribution in [0.2, 0.25) is 0 Å². The van der Waals surface area contributed by atoms with Crippen molar-refractivity contribution in [1.29, 1.82) is 0 Å². The first-order valence-corrected chi connectivity index (χ1v) is 5.87. The van der Waals surface area contributed by atoms with E-state index < -0.39 is 4.92 Å². The van der Waals surface area contributed by atoms with Crippen molar-refractivity contribution in [2.45, 2.75) is 0 Å². The van der Waals surface area contributed by atoms with E-state index in [2.05, 4.69) is 15.5 Å². The second-order valence-electron chi connectivity index (χ2n) is 3.93. The molecule has 2 aromatic rings. The average Bonchev–Trinajstić information content (AvgIpc) is 2.49. The van der Waals surface area contributed by atoms with E-state index >= 15 is 0 Å². The molecule has 0 unspecified atom stereocenters. The summed E-state index contributed by atoms with van der Waals surface area (Å²) < 4.78 is 4.98. The van der Waals surface area contributed by atoms with Crippen molar-refractivity contribution in [3.8, 4) is 11.5 Å². The Balaban J connectivity index is 2.07. The lowest BCUT2D eigenvalue weighted by Gasteiger charge is -2.05. The number of hydrogen-bond donors (Lipinski definition) is 2. The summed E-state index contributed by atoms with van der Waals surface area (Å²) in [5.74, 6) is 0.661. The molecule has 0 aliphatic carbocycles. The van der Waals surface area contributed by atoms with E-state index in [0.717, 1.165) is 6.20 Å². The van der Waals surface area contributed by atoms with Gasteiger partial charge in [-0.05, 0) is 18.2 Å². The molecule has 0 spiro atoms. The van der Waals surface area contributed by atoms with Gasteiger partial charge >= 0.3 is 0 Å². The lowest BCUT2D eigenvalue weighted by molar-refractivity contribution is -0.385. The number of phenols is 1. The van der Waals surface area contributed by atoms with Crippen molar-refractivity contribution in [3.05, 3.63) is 52.2 Å². The molecular weight excluding hydrogens is 276 g/mol. The molecule has 8 nitrogen and oxygen atoms in total. The van der Waals surface area contributed by atoms with E-state index in [9.17, 15) is 15.2 Å². The van der Waals surface area contributed by atoms with E-state index in [1.54, 1.807) is 18.2 Å². The molecule has 1 heterocycles. The first-order valence-electron chi connectivity index (χ1n) is 5.87. The SMILES string of the molecule is COc1cccc(/C=N\Nc2ccc([N+](=O)[O-])cn2)c1O. The Morgan fingerprint density at radius 1 is 1.43 bits per heavy atom. The second-order valence-corrected chi connectivity index (χ2v) is 3.93. The third-order valence-electron chi connectivity index (χ3n) is 2.59. The van der Waals surface area contributed by atoms with Gasteiger partial charge in [-0.3, -0.25) is 15.5 Å². The molecule has 0 bridgehead atoms. The quantitative estimate of drug-likeness (QED) is 0.495. The zero-order chi connectivity index (χ0) is 15.2. The Kier molecular flexibility index (Phi) is 4.30. The monoisotopic (exact) mass is 288 g/mol. The van der Waals surface area contributed by atoms with Gasteiger partial charge in [0.15, 0.2) is 11.5 Å². The number of nitrogens with one attached hydrogen (secondary N) is 1. The molecule has 0 aliphatic rings. The highest BCUT2D eigenvalue weighted by Gasteiger charge is 2.06. The van der Waals surface area contributed by atoms with Crippen LogP contribution in [0.3, 0.4) is 0 Å². The van der Waals surface area contributed by atoms with Gasteiger partial charge in [0.2, 0.25) is 0 Å². The highest BCUT2D eigenvalue weighted by molar-refractivity contribution is 5.85. The van der Waals surface area contributed by atoms with Crippen LogP contribution in [-0.2, 0) is 0 Å². The lowest BCUT2D eigenvalue weighted by atomic mass is 10.2. The van der Waals surface area contributed by atoms with E-state index in [4.69, 9.17) is 4.74 Å². The number of benzene rings is 1. The molecule has 0 aliphatic heterocycles. The minimum absolute atomic E-state index is 0.0257. The topological polar surface area (TPSA) is 110 Å². The van der Waals surface area contributed by atoms with E-state index in [1.165, 1.54) is 25.5 Å². The highest BCUT2D eigenvalue weighted by atomic mass is 16.6. The van der Waals surface area contributed by atoms with Crippen LogP contribution in [0.1, 0.15) is 5.56 Å². The molecule has 0 saturated carbocycles. The molecule has 1 aromatic carbocycles. The largest absolute Gasteiger partial charge is 0.504 e. The van der Waals surface area contributed by atoms with Gasteiger partial charge in [-0.15, -0.1) is 0 Å². The molecule has 2 N–H and O–H groups in total. The summed E-state index contributed by atoms with van der Waals surface area (Å²) in [5.41, 5.74) is 2.97. The summed E-state index contributed by atoms with van der Waals surface area (Å²) in [6, 6.07) is 7.74. The zero-order valence-corrected chi connectivity index (χ0v) is 11.1. The van der Waals surface area contributed by atoms with Crippen molar-refractivity contribution in [3.63, 3.8) is 0 Å². The average molecular weight is 288 g/mol. The van der Waals surface area contributed by atoms with Gasteiger partial charge in [0.05, 0.1) is 18.2 Å². The number of anilines is 1. The van der Waals surface area contributed by atoms with Gasteiger partial charge in [0, 0.05) is 11.6 Å².